The lowest BCUT2D eigenvalue weighted by molar-refractivity contribution is 0.249. The zero-order valence-corrected chi connectivity index (χ0v) is 19.1. The van der Waals surface area contributed by atoms with Gasteiger partial charge in [-0.2, -0.15) is 0 Å². The maximum atomic E-state index is 13.7. The van der Waals surface area contributed by atoms with E-state index < -0.39 is 5.82 Å². The second-order valence-corrected chi connectivity index (χ2v) is 8.32. The number of urea groups is 1. The van der Waals surface area contributed by atoms with Crippen LogP contribution in [-0.4, -0.2) is 41.7 Å². The highest BCUT2D eigenvalue weighted by Gasteiger charge is 2.16. The fraction of sp³-hybridized carbons (Fsp3) is 0.261. The summed E-state index contributed by atoms with van der Waals surface area (Å²) in [5.41, 5.74) is 1.76. The number of amides is 2. The molecule has 10 heteroatoms. The van der Waals surface area contributed by atoms with Gasteiger partial charge in [0.2, 0.25) is 0 Å². The standard InChI is InChI=1S/C23H22Cl2FN5O2/c24-19-4-5-20(26)21(25)18(19)7-9-33-17-3-1-2-14(10-17)22-28-12-16(13-29-22)31-23(32)30-15-6-8-27-11-15/h1-5,10,12-13,15,27H,6-9,11H2,(H2,30,31,32). The summed E-state index contributed by atoms with van der Waals surface area (Å²) in [6.45, 7) is 1.93. The number of benzene rings is 2. The number of aromatic nitrogens is 2. The maximum Gasteiger partial charge on any atom is 0.319 e. The Balaban J connectivity index is 1.34. The zero-order valence-electron chi connectivity index (χ0n) is 17.6. The van der Waals surface area contributed by atoms with E-state index >= 15 is 0 Å². The summed E-state index contributed by atoms with van der Waals surface area (Å²) in [5.74, 6) is 0.579. The van der Waals surface area contributed by atoms with Gasteiger partial charge in [0.15, 0.2) is 5.82 Å². The van der Waals surface area contributed by atoms with Crippen molar-refractivity contribution in [2.75, 3.05) is 25.0 Å². The van der Waals surface area contributed by atoms with Gasteiger partial charge in [-0.25, -0.2) is 19.2 Å². The zero-order chi connectivity index (χ0) is 23.2. The first-order valence-corrected chi connectivity index (χ1v) is 11.2. The predicted molar refractivity (Wildman–Crippen MR) is 127 cm³/mol. The van der Waals surface area contributed by atoms with Crippen molar-refractivity contribution in [1.29, 1.82) is 0 Å². The molecule has 7 nitrogen and oxygen atoms in total. The average Bonchev–Trinajstić information content (AvgIpc) is 3.32. The van der Waals surface area contributed by atoms with Crippen LogP contribution in [0.4, 0.5) is 14.9 Å². The van der Waals surface area contributed by atoms with Gasteiger partial charge in [-0.15, -0.1) is 0 Å². The molecule has 0 bridgehead atoms. The van der Waals surface area contributed by atoms with E-state index in [2.05, 4.69) is 25.9 Å². The number of rotatable bonds is 7. The number of anilines is 1. The van der Waals surface area contributed by atoms with Gasteiger partial charge in [0, 0.05) is 29.6 Å². The van der Waals surface area contributed by atoms with Crippen molar-refractivity contribution in [2.45, 2.75) is 18.9 Å². The lowest BCUT2D eigenvalue weighted by Gasteiger charge is -2.12. The van der Waals surface area contributed by atoms with E-state index in [1.807, 2.05) is 12.1 Å². The highest BCUT2D eigenvalue weighted by atomic mass is 35.5. The molecule has 172 valence electrons. The average molecular weight is 490 g/mol. The summed E-state index contributed by atoms with van der Waals surface area (Å²) >= 11 is 12.1. The molecular formula is C23H22Cl2FN5O2. The van der Waals surface area contributed by atoms with Crippen molar-refractivity contribution >= 4 is 34.9 Å². The van der Waals surface area contributed by atoms with E-state index in [0.717, 1.165) is 25.1 Å². The van der Waals surface area contributed by atoms with E-state index in [4.69, 9.17) is 27.9 Å². The first-order chi connectivity index (χ1) is 16.0. The molecule has 0 radical (unpaired) electrons. The van der Waals surface area contributed by atoms with E-state index in [1.165, 1.54) is 12.1 Å². The minimum Gasteiger partial charge on any atom is -0.493 e. The molecule has 1 aliphatic rings. The molecule has 4 rings (SSSR count). The Kier molecular flexibility index (Phi) is 7.59. The summed E-state index contributed by atoms with van der Waals surface area (Å²) in [5, 5.41) is 9.24. The number of ether oxygens (including phenoxy) is 1. The van der Waals surface area contributed by atoms with Gasteiger partial charge < -0.3 is 20.7 Å². The molecule has 1 fully saturated rings. The Labute approximate surface area is 200 Å². The highest BCUT2D eigenvalue weighted by molar-refractivity contribution is 6.36. The molecule has 1 unspecified atom stereocenters. The Morgan fingerprint density at radius 3 is 2.79 bits per heavy atom. The largest absolute Gasteiger partial charge is 0.493 e. The molecular weight excluding hydrogens is 468 g/mol. The Morgan fingerprint density at radius 2 is 2.03 bits per heavy atom. The topological polar surface area (TPSA) is 88.2 Å². The fourth-order valence-electron chi connectivity index (χ4n) is 3.47. The third-order valence-corrected chi connectivity index (χ3v) is 5.92. The molecule has 0 aliphatic carbocycles. The molecule has 1 saturated heterocycles. The van der Waals surface area contributed by atoms with Crippen molar-refractivity contribution in [2.24, 2.45) is 0 Å². The summed E-state index contributed by atoms with van der Waals surface area (Å²) in [4.78, 5) is 20.7. The first-order valence-electron chi connectivity index (χ1n) is 10.5. The molecule has 3 N–H and O–H groups in total. The van der Waals surface area contributed by atoms with E-state index in [-0.39, 0.29) is 23.7 Å². The highest BCUT2D eigenvalue weighted by Crippen LogP contribution is 2.28. The lowest BCUT2D eigenvalue weighted by atomic mass is 10.1. The van der Waals surface area contributed by atoms with E-state index in [9.17, 15) is 9.18 Å². The van der Waals surface area contributed by atoms with Gasteiger partial charge in [-0.3, -0.25) is 0 Å². The third-order valence-electron chi connectivity index (χ3n) is 5.16. The van der Waals surface area contributed by atoms with Crippen LogP contribution in [0.2, 0.25) is 10.0 Å². The van der Waals surface area contributed by atoms with Crippen molar-refractivity contribution in [1.82, 2.24) is 20.6 Å². The van der Waals surface area contributed by atoms with Crippen LogP contribution in [0.25, 0.3) is 11.4 Å². The molecule has 2 aromatic carbocycles. The van der Waals surface area contributed by atoms with Crippen molar-refractivity contribution < 1.29 is 13.9 Å². The third kappa shape index (κ3) is 6.10. The molecule has 0 spiro atoms. The van der Waals surface area contributed by atoms with Crippen LogP contribution >= 0.6 is 23.2 Å². The van der Waals surface area contributed by atoms with Crippen LogP contribution in [0.15, 0.2) is 48.8 Å². The van der Waals surface area contributed by atoms with Crippen LogP contribution in [0.3, 0.4) is 0 Å². The van der Waals surface area contributed by atoms with E-state index in [1.54, 1.807) is 24.5 Å². The van der Waals surface area contributed by atoms with Crippen molar-refractivity contribution in [3.8, 4) is 17.1 Å². The number of carbonyl (C=O) groups is 1. The number of nitrogens with zero attached hydrogens (tertiary/aromatic N) is 2. The van der Waals surface area contributed by atoms with E-state index in [0.29, 0.717) is 34.3 Å². The van der Waals surface area contributed by atoms with Gasteiger partial charge >= 0.3 is 6.03 Å². The molecule has 1 atom stereocenters. The first kappa shape index (κ1) is 23.2. The smallest absolute Gasteiger partial charge is 0.319 e. The number of hydrogen-bond donors (Lipinski definition) is 3. The lowest BCUT2D eigenvalue weighted by Crippen LogP contribution is -2.39. The van der Waals surface area contributed by atoms with Crippen LogP contribution in [0, 0.1) is 5.82 Å². The van der Waals surface area contributed by atoms with Crippen LogP contribution in [0.5, 0.6) is 5.75 Å². The number of halogens is 3. The van der Waals surface area contributed by atoms with Gasteiger partial charge in [0.25, 0.3) is 0 Å². The molecule has 1 aliphatic heterocycles. The van der Waals surface area contributed by atoms with Crippen molar-refractivity contribution in [3.05, 3.63) is 70.2 Å². The second-order valence-electron chi connectivity index (χ2n) is 7.53. The number of hydrogen-bond acceptors (Lipinski definition) is 5. The Morgan fingerprint density at radius 1 is 1.21 bits per heavy atom. The van der Waals surface area contributed by atoms with Crippen LogP contribution < -0.4 is 20.7 Å². The molecule has 3 aromatic rings. The maximum absolute atomic E-state index is 13.7. The summed E-state index contributed by atoms with van der Waals surface area (Å²) in [6, 6.07) is 9.84. The SMILES string of the molecule is O=C(Nc1cnc(-c2cccc(OCCc3c(Cl)ccc(F)c3Cl)c2)nc1)NC1CCNC1. The molecule has 0 saturated carbocycles. The fourth-order valence-corrected chi connectivity index (χ4v) is 4.03. The quantitative estimate of drug-likeness (QED) is 0.418. The predicted octanol–water partition coefficient (Wildman–Crippen LogP) is 4.69. The van der Waals surface area contributed by atoms with Crippen LogP contribution in [-0.2, 0) is 6.42 Å². The molecule has 2 heterocycles. The minimum absolute atomic E-state index is 0.00976. The summed E-state index contributed by atoms with van der Waals surface area (Å²) in [6.07, 6.45) is 4.37. The van der Waals surface area contributed by atoms with Gasteiger partial charge in [0.05, 0.1) is 29.7 Å². The monoisotopic (exact) mass is 489 g/mol. The number of nitrogens with one attached hydrogen (secondary N) is 3. The minimum atomic E-state index is -0.513. The molecule has 2 amide bonds. The van der Waals surface area contributed by atoms with Gasteiger partial charge in [-0.05, 0) is 42.8 Å². The van der Waals surface area contributed by atoms with Crippen molar-refractivity contribution in [3.63, 3.8) is 0 Å². The normalized spacial score (nSPS) is 15.3. The molecule has 1 aromatic heterocycles. The van der Waals surface area contributed by atoms with Crippen LogP contribution in [0.1, 0.15) is 12.0 Å². The summed E-state index contributed by atoms with van der Waals surface area (Å²) < 4.78 is 19.5. The Hall–Kier alpha value is -2.94. The van der Waals surface area contributed by atoms with Gasteiger partial charge in [-0.1, -0.05) is 35.3 Å². The molecule has 33 heavy (non-hydrogen) atoms. The van der Waals surface area contributed by atoms with Gasteiger partial charge in [0.1, 0.15) is 11.6 Å². The number of carbonyl (C=O) groups excluding carboxylic acids is 1. The Bertz CT molecular complexity index is 1120. The second kappa shape index (κ2) is 10.8. The summed E-state index contributed by atoms with van der Waals surface area (Å²) in [7, 11) is 0.